The van der Waals surface area contributed by atoms with Gasteiger partial charge in [0.05, 0.1) is 12.6 Å². The van der Waals surface area contributed by atoms with Crippen LogP contribution < -0.4 is 4.74 Å². The summed E-state index contributed by atoms with van der Waals surface area (Å²) in [5, 5.41) is 9.75. The van der Waals surface area contributed by atoms with Crippen LogP contribution in [0.4, 0.5) is 0 Å². The van der Waals surface area contributed by atoms with Gasteiger partial charge >= 0.3 is 0 Å². The van der Waals surface area contributed by atoms with Gasteiger partial charge in [-0.3, -0.25) is 14.7 Å². The zero-order valence-corrected chi connectivity index (χ0v) is 18.7. The fourth-order valence-corrected chi connectivity index (χ4v) is 3.79. The van der Waals surface area contributed by atoms with Crippen molar-refractivity contribution >= 4 is 12.0 Å². The number of allylic oxidation sites excluding steroid dienone is 1. The summed E-state index contributed by atoms with van der Waals surface area (Å²) in [6.07, 6.45) is 8.95. The first-order chi connectivity index (χ1) is 14.9. The molecule has 166 valence electrons. The molecule has 0 unspecified atom stereocenters. The Hall–Kier alpha value is -2.77. The second-order valence-corrected chi connectivity index (χ2v) is 8.30. The number of pyridine rings is 2. The zero-order chi connectivity index (χ0) is 22.4. The second kappa shape index (κ2) is 10.5. The molecule has 0 bridgehead atoms. The van der Waals surface area contributed by atoms with E-state index in [2.05, 4.69) is 28.8 Å². The van der Waals surface area contributed by atoms with Crippen LogP contribution >= 0.6 is 0 Å². The van der Waals surface area contributed by atoms with Gasteiger partial charge in [-0.25, -0.2) is 4.98 Å². The summed E-state index contributed by atoms with van der Waals surface area (Å²) >= 11 is 0. The Morgan fingerprint density at radius 1 is 1.39 bits per heavy atom. The lowest BCUT2D eigenvalue weighted by molar-refractivity contribution is 0.0325. The maximum atomic E-state index is 13.3. The predicted octanol–water partition coefficient (Wildman–Crippen LogP) is 2.86. The summed E-state index contributed by atoms with van der Waals surface area (Å²) < 4.78 is 6.32. The standard InChI is InChI=1S/C24H32N4O3/c1-5-6-20-11-21-23(26-12-20)31-22(15-27(4)14-19-7-9-25-10-8-19)17(2)13-28(24(21)30)18(3)16-29/h5-12,17-18,22,29H,13-16H2,1-4H3/b6-5+/t17-,18-,22+/m0/s1. The molecule has 2 aromatic rings. The van der Waals surface area contributed by atoms with E-state index in [9.17, 15) is 9.90 Å². The van der Waals surface area contributed by atoms with E-state index < -0.39 is 0 Å². The van der Waals surface area contributed by atoms with Crippen LogP contribution in [0.2, 0.25) is 0 Å². The topological polar surface area (TPSA) is 78.8 Å². The van der Waals surface area contributed by atoms with Crippen LogP contribution in [0.25, 0.3) is 6.08 Å². The lowest BCUT2D eigenvalue weighted by Crippen LogP contribution is -2.49. The van der Waals surface area contributed by atoms with Gasteiger partial charge < -0.3 is 14.7 Å². The van der Waals surface area contributed by atoms with Crippen LogP contribution in [-0.2, 0) is 6.54 Å². The number of ether oxygens (including phenoxy) is 1. The van der Waals surface area contributed by atoms with Crippen molar-refractivity contribution in [2.45, 2.75) is 39.5 Å². The quantitative estimate of drug-likeness (QED) is 0.736. The summed E-state index contributed by atoms with van der Waals surface area (Å²) in [4.78, 5) is 25.8. The molecule has 1 aliphatic heterocycles. The molecule has 7 nitrogen and oxygen atoms in total. The number of aromatic nitrogens is 2. The molecule has 1 aliphatic rings. The third-order valence-corrected chi connectivity index (χ3v) is 5.59. The Bertz CT molecular complexity index is 903. The second-order valence-electron chi connectivity index (χ2n) is 8.30. The monoisotopic (exact) mass is 424 g/mol. The van der Waals surface area contributed by atoms with E-state index in [1.54, 1.807) is 23.5 Å². The normalized spacial score (nSPS) is 20.3. The first kappa shape index (κ1) is 22.9. The molecule has 0 radical (unpaired) electrons. The number of amides is 1. The number of rotatable bonds is 7. The third kappa shape index (κ3) is 5.68. The molecule has 0 saturated heterocycles. The minimum absolute atomic E-state index is 0.0583. The number of fused-ring (bicyclic) bond motifs is 1. The summed E-state index contributed by atoms with van der Waals surface area (Å²) in [5.41, 5.74) is 2.45. The summed E-state index contributed by atoms with van der Waals surface area (Å²) in [6, 6.07) is 5.53. The van der Waals surface area contributed by atoms with Gasteiger partial charge in [-0.15, -0.1) is 0 Å². The molecule has 2 aromatic heterocycles. The fourth-order valence-electron chi connectivity index (χ4n) is 3.79. The molecule has 0 aliphatic carbocycles. The van der Waals surface area contributed by atoms with Crippen LogP contribution in [0.15, 0.2) is 42.9 Å². The summed E-state index contributed by atoms with van der Waals surface area (Å²) in [5.74, 6) is 0.246. The van der Waals surface area contributed by atoms with Crippen molar-refractivity contribution < 1.29 is 14.6 Å². The Morgan fingerprint density at radius 3 is 2.81 bits per heavy atom. The molecule has 7 heteroatoms. The number of nitrogens with zero attached hydrogens (tertiary/aromatic N) is 4. The van der Waals surface area contributed by atoms with E-state index in [1.165, 1.54) is 5.56 Å². The van der Waals surface area contributed by atoms with Gasteiger partial charge in [0.25, 0.3) is 5.91 Å². The van der Waals surface area contributed by atoms with Crippen molar-refractivity contribution in [1.82, 2.24) is 19.8 Å². The highest BCUT2D eigenvalue weighted by Crippen LogP contribution is 2.27. The first-order valence-electron chi connectivity index (χ1n) is 10.7. The molecule has 31 heavy (non-hydrogen) atoms. The van der Waals surface area contributed by atoms with E-state index in [1.807, 2.05) is 44.2 Å². The molecule has 3 rings (SSSR count). The lowest BCUT2D eigenvalue weighted by Gasteiger charge is -2.37. The Morgan fingerprint density at radius 2 is 2.13 bits per heavy atom. The van der Waals surface area contributed by atoms with Gasteiger partial charge in [0, 0.05) is 44.1 Å². The number of aliphatic hydroxyl groups is 1. The number of carbonyl (C=O) groups is 1. The molecule has 0 fully saturated rings. The summed E-state index contributed by atoms with van der Waals surface area (Å²) in [6.45, 7) is 7.72. The van der Waals surface area contributed by atoms with Crippen molar-refractivity contribution in [1.29, 1.82) is 0 Å². The zero-order valence-electron chi connectivity index (χ0n) is 18.7. The number of hydrogen-bond acceptors (Lipinski definition) is 6. The number of likely N-dealkylation sites (N-methyl/N-ethyl adjacent to an activating group) is 1. The molecule has 3 heterocycles. The number of carbonyl (C=O) groups excluding carboxylic acids is 1. The maximum absolute atomic E-state index is 13.3. The minimum atomic E-state index is -0.290. The fraction of sp³-hybridized carbons (Fsp3) is 0.458. The van der Waals surface area contributed by atoms with Crippen molar-refractivity contribution in [3.63, 3.8) is 0 Å². The van der Waals surface area contributed by atoms with Gasteiger partial charge in [0.15, 0.2) is 0 Å². The van der Waals surface area contributed by atoms with Gasteiger partial charge in [0.1, 0.15) is 11.7 Å². The first-order valence-corrected chi connectivity index (χ1v) is 10.7. The third-order valence-electron chi connectivity index (χ3n) is 5.59. The summed E-state index contributed by atoms with van der Waals surface area (Å²) in [7, 11) is 2.05. The van der Waals surface area contributed by atoms with Gasteiger partial charge in [0.2, 0.25) is 5.88 Å². The van der Waals surface area contributed by atoms with E-state index in [0.29, 0.717) is 24.5 Å². The molecular weight excluding hydrogens is 392 g/mol. The van der Waals surface area contributed by atoms with E-state index >= 15 is 0 Å². The van der Waals surface area contributed by atoms with Gasteiger partial charge in [-0.1, -0.05) is 19.1 Å². The Kier molecular flexibility index (Phi) is 7.76. The Balaban J connectivity index is 1.89. The van der Waals surface area contributed by atoms with Gasteiger partial charge in [-0.05, 0) is 50.2 Å². The van der Waals surface area contributed by atoms with Crippen LogP contribution in [0, 0.1) is 5.92 Å². The highest BCUT2D eigenvalue weighted by atomic mass is 16.5. The van der Waals surface area contributed by atoms with Crippen molar-refractivity contribution in [2.24, 2.45) is 5.92 Å². The molecule has 0 saturated carbocycles. The van der Waals surface area contributed by atoms with E-state index in [0.717, 1.165) is 12.1 Å². The van der Waals surface area contributed by atoms with Crippen molar-refractivity contribution in [3.05, 3.63) is 59.6 Å². The maximum Gasteiger partial charge on any atom is 0.259 e. The van der Waals surface area contributed by atoms with Crippen molar-refractivity contribution in [2.75, 3.05) is 26.7 Å². The average molecular weight is 425 g/mol. The molecule has 0 spiro atoms. The molecule has 3 atom stereocenters. The predicted molar refractivity (Wildman–Crippen MR) is 121 cm³/mol. The SMILES string of the molecule is C/C=C/c1cnc2c(c1)C(=O)N([C@@H](C)CO)C[C@H](C)[C@@H](CN(C)Cc1ccncc1)O2. The smallest absolute Gasteiger partial charge is 0.259 e. The number of aliphatic hydroxyl groups excluding tert-OH is 1. The largest absolute Gasteiger partial charge is 0.472 e. The van der Waals surface area contributed by atoms with E-state index in [4.69, 9.17) is 4.74 Å². The highest BCUT2D eigenvalue weighted by molar-refractivity contribution is 5.97. The van der Waals surface area contributed by atoms with Crippen LogP contribution in [-0.4, -0.2) is 69.7 Å². The van der Waals surface area contributed by atoms with Crippen LogP contribution in [0.3, 0.4) is 0 Å². The minimum Gasteiger partial charge on any atom is -0.472 e. The highest BCUT2D eigenvalue weighted by Gasteiger charge is 2.34. The number of hydrogen-bond donors (Lipinski definition) is 1. The molecule has 1 amide bonds. The lowest BCUT2D eigenvalue weighted by atomic mass is 9.99. The molecule has 0 aromatic carbocycles. The molecule has 1 N–H and O–H groups in total. The van der Waals surface area contributed by atoms with Crippen molar-refractivity contribution in [3.8, 4) is 5.88 Å². The average Bonchev–Trinajstić information content (AvgIpc) is 2.77. The van der Waals surface area contributed by atoms with Gasteiger partial charge in [-0.2, -0.15) is 0 Å². The van der Waals surface area contributed by atoms with Crippen LogP contribution in [0.1, 0.15) is 42.3 Å². The Labute approximate surface area is 184 Å². The van der Waals surface area contributed by atoms with E-state index in [-0.39, 0.29) is 30.6 Å². The molecular formula is C24H32N4O3. The van der Waals surface area contributed by atoms with Crippen LogP contribution in [0.5, 0.6) is 5.88 Å².